The molecular formula is C13H20FNO2. The molecule has 1 aromatic rings. The second kappa shape index (κ2) is 8.17. The van der Waals surface area contributed by atoms with Crippen molar-refractivity contribution in [3.63, 3.8) is 0 Å². The Morgan fingerprint density at radius 2 is 2.00 bits per heavy atom. The maximum atomic E-state index is 12.7. The van der Waals surface area contributed by atoms with Crippen molar-refractivity contribution >= 4 is 0 Å². The molecule has 0 aromatic heterocycles. The number of halogens is 1. The highest BCUT2D eigenvalue weighted by molar-refractivity contribution is 5.19. The maximum absolute atomic E-state index is 12.7. The highest BCUT2D eigenvalue weighted by Gasteiger charge is 2.03. The van der Waals surface area contributed by atoms with E-state index >= 15 is 0 Å². The van der Waals surface area contributed by atoms with Crippen molar-refractivity contribution in [2.24, 2.45) is 0 Å². The van der Waals surface area contributed by atoms with E-state index in [0.717, 1.165) is 18.5 Å². The molecule has 2 N–H and O–H groups in total. The number of rotatable bonds is 8. The summed E-state index contributed by atoms with van der Waals surface area (Å²) in [6.45, 7) is 3.99. The quantitative estimate of drug-likeness (QED) is 0.683. The fraction of sp³-hybridized carbons (Fsp3) is 0.538. The Labute approximate surface area is 102 Å². The van der Waals surface area contributed by atoms with E-state index < -0.39 is 0 Å². The lowest BCUT2D eigenvalue weighted by Gasteiger charge is -2.14. The summed E-state index contributed by atoms with van der Waals surface area (Å²) in [5.74, 6) is -0.210. The Kier molecular flexibility index (Phi) is 6.77. The summed E-state index contributed by atoms with van der Waals surface area (Å²) in [4.78, 5) is 0. The van der Waals surface area contributed by atoms with Gasteiger partial charge in [-0.15, -0.1) is 0 Å². The Balaban J connectivity index is 2.16. The fourth-order valence-electron chi connectivity index (χ4n) is 1.53. The molecule has 0 aliphatic heterocycles. The molecule has 0 saturated carbocycles. The normalized spacial score (nSPS) is 12.6. The van der Waals surface area contributed by atoms with Crippen LogP contribution in [0.2, 0.25) is 0 Å². The SMILES string of the molecule is CC(NCCCOCCO)c1ccc(F)cc1. The molecule has 0 bridgehead atoms. The molecule has 0 radical (unpaired) electrons. The molecule has 96 valence electrons. The van der Waals surface area contributed by atoms with Crippen LogP contribution >= 0.6 is 0 Å². The van der Waals surface area contributed by atoms with E-state index in [1.165, 1.54) is 12.1 Å². The number of aliphatic hydroxyl groups is 1. The van der Waals surface area contributed by atoms with Crippen LogP contribution in [0.3, 0.4) is 0 Å². The molecule has 0 heterocycles. The first-order valence-corrected chi connectivity index (χ1v) is 5.91. The summed E-state index contributed by atoms with van der Waals surface area (Å²) in [6, 6.07) is 6.72. The molecule has 3 nitrogen and oxygen atoms in total. The zero-order chi connectivity index (χ0) is 12.5. The molecule has 0 fully saturated rings. The van der Waals surface area contributed by atoms with Gasteiger partial charge in [0.25, 0.3) is 0 Å². The van der Waals surface area contributed by atoms with Crippen molar-refractivity contribution in [1.29, 1.82) is 0 Å². The van der Waals surface area contributed by atoms with Crippen molar-refractivity contribution in [2.75, 3.05) is 26.4 Å². The molecule has 0 aliphatic rings. The topological polar surface area (TPSA) is 41.5 Å². The second-order valence-corrected chi connectivity index (χ2v) is 3.92. The smallest absolute Gasteiger partial charge is 0.123 e. The molecule has 1 aromatic carbocycles. The third-order valence-corrected chi connectivity index (χ3v) is 2.52. The average molecular weight is 241 g/mol. The molecule has 4 heteroatoms. The van der Waals surface area contributed by atoms with Gasteiger partial charge in [-0.1, -0.05) is 12.1 Å². The van der Waals surface area contributed by atoms with Gasteiger partial charge in [0, 0.05) is 12.6 Å². The minimum Gasteiger partial charge on any atom is -0.394 e. The molecular weight excluding hydrogens is 221 g/mol. The third-order valence-electron chi connectivity index (χ3n) is 2.52. The predicted octanol–water partition coefficient (Wildman–Crippen LogP) is 1.88. The van der Waals surface area contributed by atoms with Crippen LogP contribution in [-0.4, -0.2) is 31.5 Å². The minimum atomic E-state index is -0.210. The van der Waals surface area contributed by atoms with Gasteiger partial charge in [-0.05, 0) is 37.6 Å². The van der Waals surface area contributed by atoms with E-state index in [9.17, 15) is 4.39 Å². The van der Waals surface area contributed by atoms with Gasteiger partial charge in [0.1, 0.15) is 5.82 Å². The summed E-state index contributed by atoms with van der Waals surface area (Å²) in [7, 11) is 0. The summed E-state index contributed by atoms with van der Waals surface area (Å²) < 4.78 is 17.9. The van der Waals surface area contributed by atoms with E-state index in [0.29, 0.717) is 13.2 Å². The number of ether oxygens (including phenoxy) is 1. The van der Waals surface area contributed by atoms with E-state index in [1.54, 1.807) is 12.1 Å². The van der Waals surface area contributed by atoms with E-state index in [-0.39, 0.29) is 18.5 Å². The Morgan fingerprint density at radius 1 is 1.29 bits per heavy atom. The molecule has 1 atom stereocenters. The Hall–Kier alpha value is -0.970. The van der Waals surface area contributed by atoms with E-state index in [2.05, 4.69) is 5.32 Å². The van der Waals surface area contributed by atoms with Crippen molar-refractivity contribution < 1.29 is 14.2 Å². The van der Waals surface area contributed by atoms with Crippen LogP contribution in [0, 0.1) is 5.82 Å². The zero-order valence-electron chi connectivity index (χ0n) is 10.2. The highest BCUT2D eigenvalue weighted by atomic mass is 19.1. The van der Waals surface area contributed by atoms with Crippen LogP contribution in [0.5, 0.6) is 0 Å². The molecule has 0 saturated heterocycles. The first-order valence-electron chi connectivity index (χ1n) is 5.91. The van der Waals surface area contributed by atoms with Gasteiger partial charge in [-0.25, -0.2) is 4.39 Å². The molecule has 0 amide bonds. The average Bonchev–Trinajstić information content (AvgIpc) is 2.34. The predicted molar refractivity (Wildman–Crippen MR) is 65.3 cm³/mol. The zero-order valence-corrected chi connectivity index (χ0v) is 10.2. The highest BCUT2D eigenvalue weighted by Crippen LogP contribution is 2.12. The number of hydrogen-bond acceptors (Lipinski definition) is 3. The Bertz CT molecular complexity index is 303. The molecule has 0 aliphatic carbocycles. The lowest BCUT2D eigenvalue weighted by molar-refractivity contribution is 0.0904. The number of aliphatic hydroxyl groups excluding tert-OH is 1. The lowest BCUT2D eigenvalue weighted by atomic mass is 10.1. The summed E-state index contributed by atoms with van der Waals surface area (Å²) in [5, 5.41) is 11.8. The summed E-state index contributed by atoms with van der Waals surface area (Å²) in [6.07, 6.45) is 0.894. The van der Waals surface area contributed by atoms with Gasteiger partial charge >= 0.3 is 0 Å². The van der Waals surface area contributed by atoms with Crippen LogP contribution in [0.1, 0.15) is 24.9 Å². The summed E-state index contributed by atoms with van der Waals surface area (Å²) >= 11 is 0. The van der Waals surface area contributed by atoms with Gasteiger partial charge in [0.15, 0.2) is 0 Å². The molecule has 1 rings (SSSR count). The fourth-order valence-corrected chi connectivity index (χ4v) is 1.53. The molecule has 0 spiro atoms. The maximum Gasteiger partial charge on any atom is 0.123 e. The van der Waals surface area contributed by atoms with Crippen molar-refractivity contribution in [1.82, 2.24) is 5.32 Å². The van der Waals surface area contributed by atoms with Gasteiger partial charge in [-0.3, -0.25) is 0 Å². The third kappa shape index (κ3) is 5.77. The van der Waals surface area contributed by atoms with Crippen LogP contribution < -0.4 is 5.32 Å². The minimum absolute atomic E-state index is 0.0689. The molecule has 1 unspecified atom stereocenters. The number of hydrogen-bond donors (Lipinski definition) is 2. The van der Waals surface area contributed by atoms with Crippen molar-refractivity contribution in [3.8, 4) is 0 Å². The van der Waals surface area contributed by atoms with Crippen molar-refractivity contribution in [3.05, 3.63) is 35.6 Å². The van der Waals surface area contributed by atoms with Gasteiger partial charge in [0.2, 0.25) is 0 Å². The standard InChI is InChI=1S/C13H20FNO2/c1-11(12-3-5-13(14)6-4-12)15-7-2-9-17-10-8-16/h3-6,11,15-16H,2,7-10H2,1H3. The van der Waals surface area contributed by atoms with Gasteiger partial charge < -0.3 is 15.2 Å². The second-order valence-electron chi connectivity index (χ2n) is 3.92. The first kappa shape index (κ1) is 14.1. The number of benzene rings is 1. The monoisotopic (exact) mass is 241 g/mol. The summed E-state index contributed by atoms with van der Waals surface area (Å²) in [5.41, 5.74) is 1.07. The lowest BCUT2D eigenvalue weighted by Crippen LogP contribution is -2.21. The van der Waals surface area contributed by atoms with Gasteiger partial charge in [0.05, 0.1) is 13.2 Å². The first-order chi connectivity index (χ1) is 8.24. The van der Waals surface area contributed by atoms with Crippen LogP contribution in [0.4, 0.5) is 4.39 Å². The van der Waals surface area contributed by atoms with Crippen LogP contribution in [0.15, 0.2) is 24.3 Å². The Morgan fingerprint density at radius 3 is 2.65 bits per heavy atom. The van der Waals surface area contributed by atoms with Gasteiger partial charge in [-0.2, -0.15) is 0 Å². The van der Waals surface area contributed by atoms with E-state index in [4.69, 9.17) is 9.84 Å². The van der Waals surface area contributed by atoms with Crippen LogP contribution in [-0.2, 0) is 4.74 Å². The largest absolute Gasteiger partial charge is 0.394 e. The van der Waals surface area contributed by atoms with Crippen LogP contribution in [0.25, 0.3) is 0 Å². The van der Waals surface area contributed by atoms with E-state index in [1.807, 2.05) is 6.92 Å². The molecule has 17 heavy (non-hydrogen) atoms. The number of nitrogens with one attached hydrogen (secondary N) is 1. The van der Waals surface area contributed by atoms with Crippen molar-refractivity contribution in [2.45, 2.75) is 19.4 Å².